The number of nitrogens with two attached hydrogens (primary N) is 1. The van der Waals surface area contributed by atoms with Crippen molar-refractivity contribution in [3.8, 4) is 0 Å². The van der Waals surface area contributed by atoms with E-state index in [0.717, 1.165) is 16.9 Å². The molecule has 3 nitrogen and oxygen atoms in total. The lowest BCUT2D eigenvalue weighted by Crippen LogP contribution is -1.88. The van der Waals surface area contributed by atoms with E-state index in [1.165, 1.54) is 12.1 Å². The maximum atomic E-state index is 12.8. The number of benzene rings is 1. The molecule has 0 atom stereocenters. The lowest BCUT2D eigenvalue weighted by atomic mass is 10.1. The van der Waals surface area contributed by atoms with Gasteiger partial charge in [-0.05, 0) is 29.8 Å². The monoisotopic (exact) mass is 241 g/mol. The van der Waals surface area contributed by atoms with Crippen molar-refractivity contribution in [3.63, 3.8) is 0 Å². The van der Waals surface area contributed by atoms with E-state index in [0.29, 0.717) is 12.1 Å². The molecule has 0 unspecified atom stereocenters. The first-order chi connectivity index (χ1) is 8.70. The van der Waals surface area contributed by atoms with Crippen molar-refractivity contribution in [3.05, 3.63) is 65.9 Å². The predicted octanol–water partition coefficient (Wildman–Crippen LogP) is 2.65. The van der Waals surface area contributed by atoms with Crippen molar-refractivity contribution >= 4 is 11.3 Å². The van der Waals surface area contributed by atoms with E-state index >= 15 is 0 Å². The molecule has 0 amide bonds. The van der Waals surface area contributed by atoms with Gasteiger partial charge in [-0.3, -0.25) is 0 Å². The van der Waals surface area contributed by atoms with E-state index in [9.17, 15) is 4.39 Å². The van der Waals surface area contributed by atoms with Gasteiger partial charge in [0.25, 0.3) is 0 Å². The normalized spacial score (nSPS) is 10.9. The Morgan fingerprint density at radius 2 is 1.83 bits per heavy atom. The first-order valence-electron chi connectivity index (χ1n) is 5.68. The predicted molar refractivity (Wildman–Crippen MR) is 68.8 cm³/mol. The van der Waals surface area contributed by atoms with Gasteiger partial charge in [0.1, 0.15) is 11.5 Å². The van der Waals surface area contributed by atoms with Gasteiger partial charge in [-0.2, -0.15) is 0 Å². The molecule has 0 aliphatic rings. The molecule has 3 aromatic rings. The quantitative estimate of drug-likeness (QED) is 0.749. The van der Waals surface area contributed by atoms with Gasteiger partial charge < -0.3 is 10.1 Å². The van der Waals surface area contributed by atoms with Crippen LogP contribution in [0.4, 0.5) is 10.1 Å². The Labute approximate surface area is 104 Å². The van der Waals surface area contributed by atoms with Crippen LogP contribution in [0, 0.1) is 5.82 Å². The Morgan fingerprint density at radius 1 is 1.06 bits per heavy atom. The summed E-state index contributed by atoms with van der Waals surface area (Å²) >= 11 is 0. The molecule has 2 aromatic heterocycles. The lowest BCUT2D eigenvalue weighted by Gasteiger charge is -1.96. The third-order valence-electron chi connectivity index (χ3n) is 2.82. The summed E-state index contributed by atoms with van der Waals surface area (Å²) < 4.78 is 14.7. The van der Waals surface area contributed by atoms with E-state index < -0.39 is 0 Å². The maximum Gasteiger partial charge on any atom is 0.137 e. The van der Waals surface area contributed by atoms with Gasteiger partial charge in [-0.15, -0.1) is 0 Å². The minimum Gasteiger partial charge on any atom is -0.398 e. The van der Waals surface area contributed by atoms with Crippen LogP contribution in [0.1, 0.15) is 11.3 Å². The van der Waals surface area contributed by atoms with Gasteiger partial charge >= 0.3 is 0 Å². The molecule has 2 N–H and O–H groups in total. The van der Waals surface area contributed by atoms with Gasteiger partial charge in [0.05, 0.1) is 5.69 Å². The number of anilines is 1. The Hall–Kier alpha value is -2.36. The van der Waals surface area contributed by atoms with Crippen LogP contribution in [0.2, 0.25) is 0 Å². The number of aromatic nitrogens is 2. The Balaban J connectivity index is 1.92. The van der Waals surface area contributed by atoms with Crippen LogP contribution in [0.15, 0.2) is 48.8 Å². The summed E-state index contributed by atoms with van der Waals surface area (Å²) in [4.78, 5) is 4.49. The van der Waals surface area contributed by atoms with E-state index in [-0.39, 0.29) is 5.82 Å². The molecule has 0 bridgehead atoms. The third-order valence-corrected chi connectivity index (χ3v) is 2.82. The second-order valence-electron chi connectivity index (χ2n) is 4.26. The molecule has 18 heavy (non-hydrogen) atoms. The highest BCUT2D eigenvalue weighted by atomic mass is 19.1. The number of fused-ring (bicyclic) bond motifs is 1. The first kappa shape index (κ1) is 10.8. The Kier molecular flexibility index (Phi) is 2.48. The fourth-order valence-corrected chi connectivity index (χ4v) is 1.96. The third kappa shape index (κ3) is 2.05. The fraction of sp³-hybridized carbons (Fsp3) is 0.0714. The zero-order chi connectivity index (χ0) is 12.5. The summed E-state index contributed by atoms with van der Waals surface area (Å²) in [6, 6.07) is 10.2. The molecular formula is C14H12FN3. The summed E-state index contributed by atoms with van der Waals surface area (Å²) in [7, 11) is 0. The molecule has 4 heteroatoms. The van der Waals surface area contributed by atoms with E-state index in [2.05, 4.69) is 4.98 Å². The van der Waals surface area contributed by atoms with Gasteiger partial charge in [0, 0.05) is 24.5 Å². The van der Waals surface area contributed by atoms with Crippen LogP contribution >= 0.6 is 0 Å². The molecule has 0 aliphatic heterocycles. The van der Waals surface area contributed by atoms with Crippen molar-refractivity contribution in [2.45, 2.75) is 6.42 Å². The molecule has 1 aromatic carbocycles. The van der Waals surface area contributed by atoms with E-state index in [1.54, 1.807) is 12.1 Å². The summed E-state index contributed by atoms with van der Waals surface area (Å²) in [5, 5.41) is 0. The molecule has 0 saturated heterocycles. The lowest BCUT2D eigenvalue weighted by molar-refractivity contribution is 0.627. The molecule has 0 saturated carbocycles. The number of hydrogen-bond donors (Lipinski definition) is 1. The van der Waals surface area contributed by atoms with Crippen LogP contribution < -0.4 is 5.73 Å². The van der Waals surface area contributed by atoms with Gasteiger partial charge in [0.15, 0.2) is 0 Å². The van der Waals surface area contributed by atoms with E-state index in [1.807, 2.05) is 28.9 Å². The zero-order valence-electron chi connectivity index (χ0n) is 9.68. The van der Waals surface area contributed by atoms with Crippen LogP contribution in [0.5, 0.6) is 0 Å². The van der Waals surface area contributed by atoms with Crippen molar-refractivity contribution < 1.29 is 4.39 Å². The fourth-order valence-electron chi connectivity index (χ4n) is 1.96. The topological polar surface area (TPSA) is 43.3 Å². The van der Waals surface area contributed by atoms with Crippen LogP contribution in [0.25, 0.3) is 5.65 Å². The Bertz CT molecular complexity index is 686. The van der Waals surface area contributed by atoms with Crippen LogP contribution in [0.3, 0.4) is 0 Å². The smallest absolute Gasteiger partial charge is 0.137 e. The first-order valence-corrected chi connectivity index (χ1v) is 5.68. The zero-order valence-corrected chi connectivity index (χ0v) is 9.68. The standard InChI is InChI=1S/C14H12FN3/c15-11-3-1-10(2-4-11)7-13-9-18-8-12(16)5-6-14(18)17-13/h1-6,8-9H,7,16H2. The van der Waals surface area contributed by atoms with Gasteiger partial charge in [-0.1, -0.05) is 12.1 Å². The van der Waals surface area contributed by atoms with Crippen molar-refractivity contribution in [2.75, 3.05) is 5.73 Å². The highest BCUT2D eigenvalue weighted by Gasteiger charge is 2.03. The SMILES string of the molecule is Nc1ccc2nc(Cc3ccc(F)cc3)cn2c1. The number of nitrogens with zero attached hydrogens (tertiary/aromatic N) is 2. The van der Waals surface area contributed by atoms with Crippen molar-refractivity contribution in [2.24, 2.45) is 0 Å². The number of halogens is 1. The summed E-state index contributed by atoms with van der Waals surface area (Å²) in [5.74, 6) is -0.221. The number of rotatable bonds is 2. The van der Waals surface area contributed by atoms with Crippen LogP contribution in [-0.4, -0.2) is 9.38 Å². The van der Waals surface area contributed by atoms with Gasteiger partial charge in [-0.25, -0.2) is 9.37 Å². The second-order valence-corrected chi connectivity index (χ2v) is 4.26. The minimum atomic E-state index is -0.221. The molecule has 2 heterocycles. The maximum absolute atomic E-state index is 12.8. The molecule has 0 radical (unpaired) electrons. The number of hydrogen-bond acceptors (Lipinski definition) is 2. The number of imidazole rings is 1. The minimum absolute atomic E-state index is 0.221. The number of pyridine rings is 1. The summed E-state index contributed by atoms with van der Waals surface area (Å²) in [6.45, 7) is 0. The number of nitrogen functional groups attached to an aromatic ring is 1. The Morgan fingerprint density at radius 3 is 2.61 bits per heavy atom. The molecule has 90 valence electrons. The van der Waals surface area contributed by atoms with Crippen LogP contribution in [-0.2, 0) is 6.42 Å². The summed E-state index contributed by atoms with van der Waals surface area (Å²) in [6.07, 6.45) is 4.45. The highest BCUT2D eigenvalue weighted by Crippen LogP contribution is 2.13. The average Bonchev–Trinajstić information content (AvgIpc) is 2.73. The summed E-state index contributed by atoms with van der Waals surface area (Å²) in [5.41, 5.74) is 9.25. The van der Waals surface area contributed by atoms with Gasteiger partial charge in [0.2, 0.25) is 0 Å². The van der Waals surface area contributed by atoms with Crippen molar-refractivity contribution in [1.29, 1.82) is 0 Å². The van der Waals surface area contributed by atoms with Crippen molar-refractivity contribution in [1.82, 2.24) is 9.38 Å². The molecule has 0 fully saturated rings. The molecular weight excluding hydrogens is 229 g/mol. The molecule has 0 spiro atoms. The molecule has 3 rings (SSSR count). The highest BCUT2D eigenvalue weighted by molar-refractivity contribution is 5.48. The largest absolute Gasteiger partial charge is 0.398 e. The molecule has 0 aliphatic carbocycles. The van der Waals surface area contributed by atoms with E-state index in [4.69, 9.17) is 5.73 Å². The average molecular weight is 241 g/mol. The second kappa shape index (κ2) is 4.14.